The molecule has 0 atom stereocenters. The molecule has 2 aromatic carbocycles. The lowest BCUT2D eigenvalue weighted by molar-refractivity contribution is 0.0751. The molecule has 1 heterocycles. The van der Waals surface area contributed by atoms with Gasteiger partial charge in [-0.2, -0.15) is 0 Å². The van der Waals surface area contributed by atoms with Crippen LogP contribution in [0.3, 0.4) is 0 Å². The Balaban J connectivity index is 1.93. The summed E-state index contributed by atoms with van der Waals surface area (Å²) in [5.74, 6) is 0. The fraction of sp³-hybridized carbons (Fsp3) is 0.200. The highest BCUT2D eigenvalue weighted by molar-refractivity contribution is 7.89. The second kappa shape index (κ2) is 6.39. The average Bonchev–Trinajstić information content (AvgIpc) is 2.96. The highest BCUT2D eigenvalue weighted by Gasteiger charge is 2.19. The molecule has 9 heteroatoms. The molecule has 0 aliphatic rings. The maximum absolute atomic E-state index is 12.3. The molecule has 3 rings (SSSR count). The Morgan fingerprint density at radius 3 is 2.67 bits per heavy atom. The van der Waals surface area contributed by atoms with Crippen molar-refractivity contribution < 1.29 is 13.3 Å². The molecule has 0 radical (unpaired) electrons. The lowest BCUT2D eigenvalue weighted by Gasteiger charge is -2.11. The summed E-state index contributed by atoms with van der Waals surface area (Å²) >= 11 is 6.09. The number of hydrogen-bond acceptors (Lipinski definition) is 5. The third-order valence-corrected chi connectivity index (χ3v) is 5.65. The van der Waals surface area contributed by atoms with E-state index < -0.39 is 10.0 Å². The molecule has 0 aliphatic heterocycles. The van der Waals surface area contributed by atoms with Gasteiger partial charge in [0.1, 0.15) is 17.6 Å². The van der Waals surface area contributed by atoms with Crippen LogP contribution >= 0.6 is 11.6 Å². The van der Waals surface area contributed by atoms with Crippen molar-refractivity contribution >= 4 is 32.7 Å². The van der Waals surface area contributed by atoms with Gasteiger partial charge in [0.15, 0.2) is 0 Å². The fourth-order valence-electron chi connectivity index (χ4n) is 2.09. The van der Waals surface area contributed by atoms with Crippen LogP contribution in [0.2, 0.25) is 5.02 Å². The second-order valence-electron chi connectivity index (χ2n) is 5.27. The van der Waals surface area contributed by atoms with Crippen LogP contribution in [0.5, 0.6) is 0 Å². The van der Waals surface area contributed by atoms with Gasteiger partial charge in [0.05, 0.1) is 4.90 Å². The summed E-state index contributed by atoms with van der Waals surface area (Å²) in [6.45, 7) is 0.183. The first-order valence-corrected chi connectivity index (χ1v) is 8.86. The molecule has 0 spiro atoms. The molecule has 0 bridgehead atoms. The smallest absolute Gasteiger partial charge is 0.242 e. The minimum absolute atomic E-state index is 0.143. The lowest BCUT2D eigenvalue weighted by atomic mass is 10.2. The SMILES string of the molecule is CN(C)S(=O)(=O)c1ccc2nnn(OCc3ccccc3Cl)c2c1. The zero-order chi connectivity index (χ0) is 17.3. The maximum atomic E-state index is 12.3. The number of aromatic nitrogens is 3. The number of rotatable bonds is 5. The van der Waals surface area contributed by atoms with Gasteiger partial charge in [0, 0.05) is 24.7 Å². The summed E-state index contributed by atoms with van der Waals surface area (Å²) in [5, 5.41) is 8.45. The number of benzene rings is 2. The molecule has 0 amide bonds. The highest BCUT2D eigenvalue weighted by atomic mass is 35.5. The van der Waals surface area contributed by atoms with Crippen LogP contribution in [0.1, 0.15) is 5.56 Å². The van der Waals surface area contributed by atoms with Gasteiger partial charge in [-0.05, 0) is 29.5 Å². The highest BCUT2D eigenvalue weighted by Crippen LogP contribution is 2.20. The van der Waals surface area contributed by atoms with Crippen LogP contribution < -0.4 is 4.84 Å². The molecule has 0 N–H and O–H groups in total. The molecule has 7 nitrogen and oxygen atoms in total. The molecule has 0 aliphatic carbocycles. The number of hydrogen-bond donors (Lipinski definition) is 0. The van der Waals surface area contributed by atoms with Crippen LogP contribution in [-0.4, -0.2) is 42.0 Å². The molecular weight excluding hydrogens is 352 g/mol. The molecule has 0 saturated carbocycles. The zero-order valence-corrected chi connectivity index (χ0v) is 14.6. The van der Waals surface area contributed by atoms with E-state index in [1.807, 2.05) is 18.2 Å². The average molecular weight is 367 g/mol. The Hall–Kier alpha value is -2.16. The van der Waals surface area contributed by atoms with Gasteiger partial charge in [-0.25, -0.2) is 12.7 Å². The van der Waals surface area contributed by atoms with Crippen LogP contribution in [0.4, 0.5) is 0 Å². The van der Waals surface area contributed by atoms with Gasteiger partial charge in [-0.3, -0.25) is 0 Å². The van der Waals surface area contributed by atoms with Crippen molar-refractivity contribution in [2.75, 3.05) is 14.1 Å². The van der Waals surface area contributed by atoms with Gasteiger partial charge < -0.3 is 4.84 Å². The van der Waals surface area contributed by atoms with E-state index >= 15 is 0 Å². The summed E-state index contributed by atoms with van der Waals surface area (Å²) < 4.78 is 25.6. The van der Waals surface area contributed by atoms with Crippen LogP contribution in [0, 0.1) is 0 Å². The van der Waals surface area contributed by atoms with Crippen molar-refractivity contribution in [3.8, 4) is 0 Å². The molecule has 1 aromatic heterocycles. The first-order valence-electron chi connectivity index (χ1n) is 7.04. The number of halogens is 1. The first kappa shape index (κ1) is 16.7. The molecule has 0 fully saturated rings. The van der Waals surface area contributed by atoms with Gasteiger partial charge in [-0.15, -0.1) is 5.10 Å². The van der Waals surface area contributed by atoms with E-state index in [0.717, 1.165) is 9.87 Å². The molecule has 3 aromatic rings. The van der Waals surface area contributed by atoms with E-state index in [-0.39, 0.29) is 11.5 Å². The van der Waals surface area contributed by atoms with Crippen molar-refractivity contribution in [2.45, 2.75) is 11.5 Å². The Kier molecular flexibility index (Phi) is 4.44. The quantitative estimate of drug-likeness (QED) is 0.689. The van der Waals surface area contributed by atoms with Crippen molar-refractivity contribution in [2.24, 2.45) is 0 Å². The maximum Gasteiger partial charge on any atom is 0.242 e. The molecule has 0 unspecified atom stereocenters. The van der Waals surface area contributed by atoms with Gasteiger partial charge in [-0.1, -0.05) is 34.6 Å². The minimum atomic E-state index is -3.55. The summed E-state index contributed by atoms with van der Waals surface area (Å²) in [6.07, 6.45) is 0. The monoisotopic (exact) mass is 366 g/mol. The van der Waals surface area contributed by atoms with Crippen molar-refractivity contribution in [3.63, 3.8) is 0 Å². The van der Waals surface area contributed by atoms with Gasteiger partial charge >= 0.3 is 0 Å². The number of fused-ring (bicyclic) bond motifs is 1. The molecule has 0 saturated heterocycles. The Morgan fingerprint density at radius 1 is 1.21 bits per heavy atom. The lowest BCUT2D eigenvalue weighted by Crippen LogP contribution is -2.22. The Morgan fingerprint density at radius 2 is 1.96 bits per heavy atom. The largest absolute Gasteiger partial charge is 0.390 e. The Labute approximate surface area is 144 Å². The van der Waals surface area contributed by atoms with Crippen molar-refractivity contribution in [3.05, 3.63) is 53.1 Å². The minimum Gasteiger partial charge on any atom is -0.390 e. The van der Waals surface area contributed by atoms with E-state index in [1.165, 1.54) is 31.1 Å². The number of nitrogens with zero attached hydrogens (tertiary/aromatic N) is 4. The third-order valence-electron chi connectivity index (χ3n) is 3.47. The molecular formula is C15H15ClN4O3S. The summed E-state index contributed by atoms with van der Waals surface area (Å²) in [4.78, 5) is 6.95. The van der Waals surface area contributed by atoms with E-state index in [1.54, 1.807) is 12.1 Å². The van der Waals surface area contributed by atoms with E-state index in [4.69, 9.17) is 16.4 Å². The van der Waals surface area contributed by atoms with E-state index in [2.05, 4.69) is 10.3 Å². The first-order chi connectivity index (χ1) is 11.4. The van der Waals surface area contributed by atoms with Crippen LogP contribution in [0.15, 0.2) is 47.4 Å². The topological polar surface area (TPSA) is 77.3 Å². The predicted octanol–water partition coefficient (Wildman–Crippen LogP) is 1.96. The Bertz CT molecular complexity index is 985. The zero-order valence-electron chi connectivity index (χ0n) is 13.0. The third kappa shape index (κ3) is 3.08. The van der Waals surface area contributed by atoms with Crippen molar-refractivity contribution in [1.82, 2.24) is 19.5 Å². The molecule has 24 heavy (non-hydrogen) atoms. The number of sulfonamides is 1. The van der Waals surface area contributed by atoms with Gasteiger partial charge in [0.2, 0.25) is 10.0 Å². The second-order valence-corrected chi connectivity index (χ2v) is 7.82. The van der Waals surface area contributed by atoms with E-state index in [0.29, 0.717) is 16.1 Å². The summed E-state index contributed by atoms with van der Waals surface area (Å²) in [5.41, 5.74) is 1.79. The van der Waals surface area contributed by atoms with Crippen molar-refractivity contribution in [1.29, 1.82) is 0 Å². The summed E-state index contributed by atoms with van der Waals surface area (Å²) in [7, 11) is -0.599. The summed E-state index contributed by atoms with van der Waals surface area (Å²) in [6, 6.07) is 11.8. The van der Waals surface area contributed by atoms with Crippen LogP contribution in [-0.2, 0) is 16.6 Å². The van der Waals surface area contributed by atoms with E-state index in [9.17, 15) is 8.42 Å². The van der Waals surface area contributed by atoms with Gasteiger partial charge in [0.25, 0.3) is 0 Å². The standard InChI is InChI=1S/C15H15ClN4O3S/c1-19(2)24(21,22)12-7-8-14-15(9-12)20(18-17-14)23-10-11-5-3-4-6-13(11)16/h3-9H,10H2,1-2H3. The molecule has 126 valence electrons. The predicted molar refractivity (Wildman–Crippen MR) is 90.1 cm³/mol. The van der Waals surface area contributed by atoms with Crippen LogP contribution in [0.25, 0.3) is 11.0 Å². The normalized spacial score (nSPS) is 12.0. The fourth-order valence-corrected chi connectivity index (χ4v) is 3.20.